The van der Waals surface area contributed by atoms with Crippen LogP contribution in [0, 0.1) is 0 Å². The van der Waals surface area contributed by atoms with Crippen LogP contribution in [0.15, 0.2) is 12.2 Å². The summed E-state index contributed by atoms with van der Waals surface area (Å²) in [5, 5.41) is -0.385. The van der Waals surface area contributed by atoms with Gasteiger partial charge in [0.15, 0.2) is 0 Å². The second-order valence-electron chi connectivity index (χ2n) is 2.71. The summed E-state index contributed by atoms with van der Waals surface area (Å²) in [7, 11) is 0. The number of halogens is 2. The Kier molecular flexibility index (Phi) is 6.44. The van der Waals surface area contributed by atoms with Crippen molar-refractivity contribution in [3.05, 3.63) is 12.2 Å². The molecule has 0 aromatic rings. The summed E-state index contributed by atoms with van der Waals surface area (Å²) in [6.45, 7) is 3.17. The molecule has 1 aliphatic rings. The molecule has 0 aliphatic carbocycles. The van der Waals surface area contributed by atoms with E-state index in [1.807, 2.05) is 6.08 Å². The van der Waals surface area contributed by atoms with Crippen LogP contribution in [0.1, 0.15) is 12.8 Å². The van der Waals surface area contributed by atoms with Crippen molar-refractivity contribution >= 4 is 29.3 Å². The molecule has 0 atom stereocenters. The summed E-state index contributed by atoms with van der Waals surface area (Å²) in [6, 6.07) is 0. The van der Waals surface area contributed by atoms with Crippen molar-refractivity contribution in [2.45, 2.75) is 12.8 Å². The van der Waals surface area contributed by atoms with Crippen LogP contribution >= 0.6 is 24.0 Å². The third-order valence-corrected chi connectivity index (χ3v) is 1.94. The molecule has 2 nitrogen and oxygen atoms in total. The van der Waals surface area contributed by atoms with Crippen molar-refractivity contribution in [2.24, 2.45) is 0 Å². The molecule has 70 valence electrons. The molecule has 1 saturated heterocycles. The highest BCUT2D eigenvalue weighted by Crippen LogP contribution is 2.06. The van der Waals surface area contributed by atoms with E-state index in [4.69, 9.17) is 11.6 Å². The number of nitrogens with zero attached hydrogens (tertiary/aromatic N) is 1. The molecular formula is C8H13Cl2NO. The van der Waals surface area contributed by atoms with Crippen LogP contribution in [0.5, 0.6) is 0 Å². The molecule has 0 bridgehead atoms. The number of hydrogen-bond donors (Lipinski definition) is 0. The fourth-order valence-corrected chi connectivity index (χ4v) is 1.35. The first-order valence-corrected chi connectivity index (χ1v) is 4.25. The third-order valence-electron chi connectivity index (χ3n) is 1.81. The molecule has 4 heteroatoms. The molecule has 0 aromatic heterocycles. The van der Waals surface area contributed by atoms with Gasteiger partial charge in [-0.1, -0.05) is 6.08 Å². The lowest BCUT2D eigenvalue weighted by molar-refractivity contribution is -0.107. The Labute approximate surface area is 84.0 Å². The molecule has 0 amide bonds. The summed E-state index contributed by atoms with van der Waals surface area (Å²) >= 11 is 5.12. The monoisotopic (exact) mass is 209 g/mol. The fraction of sp³-hybridized carbons (Fsp3) is 0.625. The molecule has 0 saturated carbocycles. The zero-order chi connectivity index (χ0) is 8.10. The van der Waals surface area contributed by atoms with E-state index < -0.39 is 0 Å². The third kappa shape index (κ3) is 4.75. The van der Waals surface area contributed by atoms with Crippen molar-refractivity contribution in [3.63, 3.8) is 0 Å². The molecule has 0 spiro atoms. The lowest BCUT2D eigenvalue weighted by atomic mass is 10.4. The summed E-state index contributed by atoms with van der Waals surface area (Å²) in [5.41, 5.74) is 0. The summed E-state index contributed by atoms with van der Waals surface area (Å²) in [4.78, 5) is 12.6. The Balaban J connectivity index is 0.00000121. The average Bonchev–Trinajstić information content (AvgIpc) is 2.39. The molecule has 1 aliphatic heterocycles. The summed E-state index contributed by atoms with van der Waals surface area (Å²) in [5.74, 6) is 0. The molecule has 0 aromatic carbocycles. The van der Waals surface area contributed by atoms with E-state index in [2.05, 4.69) is 4.90 Å². The van der Waals surface area contributed by atoms with Crippen LogP contribution in [0.25, 0.3) is 0 Å². The van der Waals surface area contributed by atoms with Crippen LogP contribution in [-0.4, -0.2) is 29.8 Å². The summed E-state index contributed by atoms with van der Waals surface area (Å²) in [6.07, 6.45) is 5.80. The van der Waals surface area contributed by atoms with Gasteiger partial charge in [-0.15, -0.1) is 12.4 Å². The maximum Gasteiger partial charge on any atom is 0.244 e. The van der Waals surface area contributed by atoms with E-state index in [-0.39, 0.29) is 17.6 Å². The molecule has 12 heavy (non-hydrogen) atoms. The lowest BCUT2D eigenvalue weighted by Crippen LogP contribution is -2.18. The zero-order valence-corrected chi connectivity index (χ0v) is 8.40. The van der Waals surface area contributed by atoms with Gasteiger partial charge < -0.3 is 0 Å². The second kappa shape index (κ2) is 6.46. The van der Waals surface area contributed by atoms with Crippen molar-refractivity contribution in [1.82, 2.24) is 4.90 Å². The van der Waals surface area contributed by atoms with Gasteiger partial charge >= 0.3 is 0 Å². The first-order chi connectivity index (χ1) is 5.29. The Bertz CT molecular complexity index is 164. The van der Waals surface area contributed by atoms with Gasteiger partial charge in [0.1, 0.15) is 0 Å². The van der Waals surface area contributed by atoms with Crippen molar-refractivity contribution in [2.75, 3.05) is 19.6 Å². The van der Waals surface area contributed by atoms with Crippen molar-refractivity contribution in [1.29, 1.82) is 0 Å². The molecule has 1 fully saturated rings. The average molecular weight is 210 g/mol. The molecule has 1 heterocycles. The SMILES string of the molecule is Cl.O=C(Cl)/C=C/CN1CCCC1. The predicted octanol–water partition coefficient (Wildman–Crippen LogP) is 1.83. The fourth-order valence-electron chi connectivity index (χ4n) is 1.26. The number of carbonyl (C=O) groups excluding carboxylic acids is 1. The van der Waals surface area contributed by atoms with Crippen LogP contribution in [0.3, 0.4) is 0 Å². The van der Waals surface area contributed by atoms with Gasteiger partial charge in [0.25, 0.3) is 0 Å². The van der Waals surface area contributed by atoms with Gasteiger partial charge in [-0.2, -0.15) is 0 Å². The minimum atomic E-state index is -0.385. The highest BCUT2D eigenvalue weighted by Gasteiger charge is 2.08. The van der Waals surface area contributed by atoms with Gasteiger partial charge in [-0.3, -0.25) is 9.69 Å². The number of allylic oxidation sites excluding steroid dienone is 1. The Morgan fingerprint density at radius 2 is 2.00 bits per heavy atom. The van der Waals surface area contributed by atoms with Gasteiger partial charge in [0.05, 0.1) is 0 Å². The largest absolute Gasteiger partial charge is 0.300 e. The van der Waals surface area contributed by atoms with E-state index in [1.165, 1.54) is 18.9 Å². The number of hydrogen-bond acceptors (Lipinski definition) is 2. The highest BCUT2D eigenvalue weighted by atomic mass is 35.5. The molecular weight excluding hydrogens is 197 g/mol. The Morgan fingerprint density at radius 1 is 1.42 bits per heavy atom. The van der Waals surface area contributed by atoms with Crippen molar-refractivity contribution < 1.29 is 4.79 Å². The normalized spacial score (nSPS) is 18.1. The number of carbonyl (C=O) groups is 1. The van der Waals surface area contributed by atoms with Gasteiger partial charge in [0.2, 0.25) is 5.24 Å². The maximum atomic E-state index is 10.3. The van der Waals surface area contributed by atoms with Crippen LogP contribution in [0.4, 0.5) is 0 Å². The van der Waals surface area contributed by atoms with E-state index in [1.54, 1.807) is 0 Å². The second-order valence-corrected chi connectivity index (χ2v) is 3.09. The minimum Gasteiger partial charge on any atom is -0.300 e. The standard InChI is InChI=1S/C8H12ClNO.ClH/c9-8(11)4-3-7-10-5-1-2-6-10;/h3-4H,1-2,5-7H2;1H/b4-3+;. The minimum absolute atomic E-state index is 0. The predicted molar refractivity (Wildman–Crippen MR) is 52.9 cm³/mol. The number of likely N-dealkylation sites (tertiary alicyclic amines) is 1. The van der Waals surface area contributed by atoms with Gasteiger partial charge in [-0.05, 0) is 43.6 Å². The van der Waals surface area contributed by atoms with Gasteiger partial charge in [0, 0.05) is 6.54 Å². The van der Waals surface area contributed by atoms with E-state index >= 15 is 0 Å². The molecule has 0 radical (unpaired) electrons. The van der Waals surface area contributed by atoms with E-state index in [0.717, 1.165) is 19.6 Å². The first-order valence-electron chi connectivity index (χ1n) is 3.87. The molecule has 0 N–H and O–H groups in total. The van der Waals surface area contributed by atoms with Crippen LogP contribution < -0.4 is 0 Å². The zero-order valence-electron chi connectivity index (χ0n) is 6.83. The Hall–Kier alpha value is -0.0500. The quantitative estimate of drug-likeness (QED) is 0.523. The van der Waals surface area contributed by atoms with Gasteiger partial charge in [-0.25, -0.2) is 0 Å². The number of rotatable bonds is 3. The lowest BCUT2D eigenvalue weighted by Gasteiger charge is -2.09. The van der Waals surface area contributed by atoms with Crippen LogP contribution in [0.2, 0.25) is 0 Å². The maximum absolute atomic E-state index is 10.3. The highest BCUT2D eigenvalue weighted by molar-refractivity contribution is 6.66. The van der Waals surface area contributed by atoms with E-state index in [0.29, 0.717) is 0 Å². The topological polar surface area (TPSA) is 20.3 Å². The first kappa shape index (κ1) is 11.9. The van der Waals surface area contributed by atoms with Crippen molar-refractivity contribution in [3.8, 4) is 0 Å². The van der Waals surface area contributed by atoms with Crippen LogP contribution in [-0.2, 0) is 4.79 Å². The van der Waals surface area contributed by atoms with E-state index in [9.17, 15) is 4.79 Å². The smallest absolute Gasteiger partial charge is 0.244 e. The Morgan fingerprint density at radius 3 is 2.50 bits per heavy atom. The molecule has 0 unspecified atom stereocenters. The molecule has 1 rings (SSSR count). The summed E-state index contributed by atoms with van der Waals surface area (Å²) < 4.78 is 0.